The van der Waals surface area contributed by atoms with E-state index in [1.54, 1.807) is 0 Å². The number of nitrogens with zero attached hydrogens (tertiary/aromatic N) is 4. The van der Waals surface area contributed by atoms with E-state index in [1.807, 2.05) is 0 Å². The third kappa shape index (κ3) is 3.80. The summed E-state index contributed by atoms with van der Waals surface area (Å²) in [5.41, 5.74) is 3.26. The molecule has 4 atom stereocenters. The van der Waals surface area contributed by atoms with Gasteiger partial charge in [-0.25, -0.2) is 14.2 Å². The fourth-order valence-electron chi connectivity index (χ4n) is 3.68. The molecule has 9 N–H and O–H groups in total. The van der Waals surface area contributed by atoms with Crippen LogP contribution >= 0.6 is 0 Å². The monoisotopic (exact) mass is 490 g/mol. The molecule has 0 aromatic rings. The Bertz CT molecular complexity index is 1060. The molecule has 2 saturated heterocycles. The number of guanidine groups is 2. The number of rotatable bonds is 5. The van der Waals surface area contributed by atoms with Crippen molar-refractivity contribution in [3.05, 3.63) is 0 Å². The zero-order valence-corrected chi connectivity index (χ0v) is 16.6. The summed E-state index contributed by atoms with van der Waals surface area (Å²) in [5, 5.41) is 53.8. The van der Waals surface area contributed by atoms with Crippen LogP contribution in [0.5, 0.6) is 0 Å². The minimum atomic E-state index is -5.20. The first-order valence-corrected chi connectivity index (χ1v) is 10.7. The fourth-order valence-corrected chi connectivity index (χ4v) is 4.41. The number of nitrogens with two attached hydrogens (primary N) is 1. The highest BCUT2D eigenvalue weighted by atomic mass is 32.3. The third-order valence-corrected chi connectivity index (χ3v) is 5.62. The molecule has 0 aromatic carbocycles. The van der Waals surface area contributed by atoms with Gasteiger partial charge in [0.2, 0.25) is 11.7 Å². The van der Waals surface area contributed by atoms with Gasteiger partial charge in [-0.1, -0.05) is 0 Å². The van der Waals surface area contributed by atoms with E-state index in [9.17, 15) is 37.4 Å². The summed E-state index contributed by atoms with van der Waals surface area (Å²) in [6, 6.07) is -3.23. The average molecular weight is 490 g/mol. The molecule has 3 aliphatic rings. The summed E-state index contributed by atoms with van der Waals surface area (Å²) < 4.78 is 72.0. The molecule has 3 heterocycles. The predicted molar refractivity (Wildman–Crippen MR) is 91.6 cm³/mol. The van der Waals surface area contributed by atoms with Gasteiger partial charge < -0.3 is 36.0 Å². The van der Waals surface area contributed by atoms with Gasteiger partial charge in [0.05, 0.1) is 12.6 Å². The van der Waals surface area contributed by atoms with Crippen molar-refractivity contribution >= 4 is 38.7 Å². The molecular weight excluding hydrogens is 474 g/mol. The van der Waals surface area contributed by atoms with Crippen molar-refractivity contribution in [1.82, 2.24) is 15.3 Å². The molecule has 31 heavy (non-hydrogen) atoms. The predicted octanol–water partition coefficient (Wildman–Crippen LogP) is -6.30. The lowest BCUT2D eigenvalue weighted by molar-refractivity contribution is -0.270. The second kappa shape index (κ2) is 6.99. The number of hydrogen-bond acceptors (Lipinski definition) is 14. The van der Waals surface area contributed by atoms with Crippen LogP contribution in [0.2, 0.25) is 0 Å². The summed E-state index contributed by atoms with van der Waals surface area (Å²) in [6.07, 6.45) is -3.91. The summed E-state index contributed by atoms with van der Waals surface area (Å²) in [4.78, 5) is 4.59. The number of hydrogen-bond donors (Lipinski definition) is 8. The van der Waals surface area contributed by atoms with Gasteiger partial charge in [-0.3, -0.25) is 19.7 Å². The summed E-state index contributed by atoms with van der Waals surface area (Å²) >= 11 is 0. The number of nitrogens with one attached hydrogen (secondary N) is 2. The first-order chi connectivity index (χ1) is 14.0. The highest BCUT2D eigenvalue weighted by Gasteiger charge is 2.75. The van der Waals surface area contributed by atoms with Crippen LogP contribution in [0.4, 0.5) is 0 Å². The Morgan fingerprint density at radius 1 is 1.39 bits per heavy atom. The molecule has 0 aliphatic carbocycles. The second-order valence-electron chi connectivity index (χ2n) is 6.55. The van der Waals surface area contributed by atoms with Crippen LogP contribution in [0.25, 0.3) is 0 Å². The molecule has 0 bridgehead atoms. The Hall–Kier alpha value is -2.53. The van der Waals surface area contributed by atoms with Crippen LogP contribution in [0, 0.1) is 5.41 Å². The molecule has 0 unspecified atom stereocenters. The topological polar surface area (TPSA) is 304 Å². The van der Waals surface area contributed by atoms with Gasteiger partial charge in [-0.2, -0.15) is 16.8 Å². The van der Waals surface area contributed by atoms with Gasteiger partial charge >= 0.3 is 20.7 Å². The van der Waals surface area contributed by atoms with E-state index in [2.05, 4.69) is 23.6 Å². The second-order valence-corrected chi connectivity index (χ2v) is 8.68. The van der Waals surface area contributed by atoms with Crippen LogP contribution in [0.15, 0.2) is 9.39 Å². The van der Waals surface area contributed by atoms with E-state index in [0.29, 0.717) is 0 Å². The molecule has 0 radical (unpaired) electrons. The normalized spacial score (nSPS) is 32.9. The molecule has 21 heteroatoms. The maximum atomic E-state index is 11.4. The van der Waals surface area contributed by atoms with Gasteiger partial charge in [-0.05, 0) is 0 Å². The van der Waals surface area contributed by atoms with E-state index in [0.717, 1.165) is 4.90 Å². The highest BCUT2D eigenvalue weighted by Crippen LogP contribution is 2.47. The number of aliphatic imine (C=N–C) groups is 1. The zero-order valence-electron chi connectivity index (χ0n) is 14.9. The number of ether oxygens (including phenoxy) is 1. The van der Waals surface area contributed by atoms with Gasteiger partial charge in [0.15, 0.2) is 23.8 Å². The molecule has 1 spiro atoms. The van der Waals surface area contributed by atoms with Gasteiger partial charge in [0, 0.05) is 6.61 Å². The van der Waals surface area contributed by atoms with Crippen LogP contribution in [0.3, 0.4) is 0 Å². The molecule has 19 nitrogen and oxygen atoms in total. The van der Waals surface area contributed by atoms with Crippen molar-refractivity contribution < 1.29 is 55.4 Å². The Morgan fingerprint density at radius 2 is 2.00 bits per heavy atom. The van der Waals surface area contributed by atoms with Crippen molar-refractivity contribution in [2.75, 3.05) is 13.2 Å². The Balaban J connectivity index is 2.00. The van der Waals surface area contributed by atoms with Gasteiger partial charge in [-0.15, -0.1) is 4.40 Å². The van der Waals surface area contributed by atoms with E-state index < -0.39 is 81.5 Å². The summed E-state index contributed by atoms with van der Waals surface area (Å²) in [6.45, 7) is -1.74. The van der Waals surface area contributed by atoms with Gasteiger partial charge in [0.25, 0.3) is 0 Å². The van der Waals surface area contributed by atoms with E-state index in [4.69, 9.17) is 20.2 Å². The maximum Gasteiger partial charge on any atom is 0.397 e. The summed E-state index contributed by atoms with van der Waals surface area (Å²) in [5.74, 6) is -4.58. The lowest BCUT2D eigenvalue weighted by atomic mass is 9.85. The Kier molecular flexibility index (Phi) is 5.22. The molecule has 0 amide bonds. The molecule has 2 fully saturated rings. The van der Waals surface area contributed by atoms with Crippen molar-refractivity contribution in [2.45, 2.75) is 29.6 Å². The fraction of sp³-hybridized carbons (Fsp3) is 0.700. The van der Waals surface area contributed by atoms with Crippen molar-refractivity contribution in [3.8, 4) is 0 Å². The quantitative estimate of drug-likeness (QED) is 0.0768. The highest BCUT2D eigenvalue weighted by molar-refractivity contribution is 7.84. The van der Waals surface area contributed by atoms with E-state index in [1.165, 1.54) is 0 Å². The van der Waals surface area contributed by atoms with Crippen molar-refractivity contribution in [2.24, 2.45) is 15.1 Å². The molecule has 0 aromatic heterocycles. The lowest BCUT2D eigenvalue weighted by Gasteiger charge is -2.53. The van der Waals surface area contributed by atoms with Crippen LogP contribution in [-0.4, -0.2) is 112 Å². The van der Waals surface area contributed by atoms with Crippen molar-refractivity contribution in [3.63, 3.8) is 0 Å². The molecule has 176 valence electrons. The van der Waals surface area contributed by atoms with Crippen LogP contribution in [0.1, 0.15) is 0 Å². The minimum Gasteiger partial charge on any atom is -0.597 e. The van der Waals surface area contributed by atoms with Crippen molar-refractivity contribution in [1.29, 1.82) is 5.41 Å². The Morgan fingerprint density at radius 3 is 2.55 bits per heavy atom. The zero-order chi connectivity index (χ0) is 23.6. The first kappa shape index (κ1) is 23.1. The first-order valence-electron chi connectivity index (χ1n) is 7.93. The largest absolute Gasteiger partial charge is 0.597 e. The van der Waals surface area contributed by atoms with Crippen LogP contribution < -0.4 is 16.2 Å². The lowest BCUT2D eigenvalue weighted by Crippen LogP contribution is -2.80. The maximum absolute atomic E-state index is 11.4. The SMILES string of the molecule is N=C1N(O)[C@@H](COC([O-])=NS(=O)(=O)O)[C@@H]2N=C(N)N[C@]23N1C[C@H](OS(=O)(=O)O)C3(O)O. The van der Waals surface area contributed by atoms with E-state index >= 15 is 0 Å². The Labute approximate surface area is 173 Å². The number of hydroxylamine groups is 2. The molecule has 0 saturated carbocycles. The van der Waals surface area contributed by atoms with Crippen LogP contribution in [-0.2, 0) is 29.6 Å². The standard InChI is InChI=1S/C10H17N7O12S2/c11-6-13-5-3(2-28-8(18)15-30(22,23)24)17(21)7(12)16-1-4(29-31(25,26)27)10(19,20)9(5,16)14-6/h3-5,12,19-21H,1-2H2,(H,15,18)(H3,11,13,14)(H,22,23,24)(H,25,26,27)/p-1/t3-,4-,5-,9-/m0/s1. The molecule has 3 aliphatic heterocycles. The summed E-state index contributed by atoms with van der Waals surface area (Å²) in [7, 11) is -10.3. The number of aliphatic hydroxyl groups is 2. The minimum absolute atomic E-state index is 0.152. The average Bonchev–Trinajstić information content (AvgIpc) is 3.02. The van der Waals surface area contributed by atoms with Gasteiger partial charge in [0.1, 0.15) is 6.04 Å². The van der Waals surface area contributed by atoms with E-state index in [-0.39, 0.29) is 5.06 Å². The molecular formula is C10H16N7O12S2-. The molecule has 3 rings (SSSR count). The third-order valence-electron chi connectivity index (χ3n) is 4.77. The smallest absolute Gasteiger partial charge is 0.397 e.